The van der Waals surface area contributed by atoms with Gasteiger partial charge in [-0.05, 0) is 12.1 Å². The number of hydrogen-bond acceptors (Lipinski definition) is 7. The first kappa shape index (κ1) is 17.6. The number of hydrogen-bond donors (Lipinski definition) is 0. The van der Waals surface area contributed by atoms with Gasteiger partial charge in [-0.3, -0.25) is 9.36 Å². The van der Waals surface area contributed by atoms with Gasteiger partial charge in [0.05, 0.1) is 14.2 Å². The number of rotatable bonds is 5. The van der Waals surface area contributed by atoms with Crippen LogP contribution in [0.25, 0.3) is 0 Å². The summed E-state index contributed by atoms with van der Waals surface area (Å²) in [7, 11) is 0.640. The Morgan fingerprint density at radius 2 is 1.54 bits per heavy atom. The number of benzene rings is 1. The zero-order valence-electron chi connectivity index (χ0n) is 13.5. The minimum absolute atomic E-state index is 0.111. The van der Waals surface area contributed by atoms with Crippen molar-refractivity contribution < 1.29 is 22.1 Å². The average molecular weight is 356 g/mol. The van der Waals surface area contributed by atoms with Crippen LogP contribution >= 0.6 is 0 Å². The molecule has 0 fully saturated rings. The number of methoxy groups -OCH3 is 2. The Morgan fingerprint density at radius 3 is 2.04 bits per heavy atom. The van der Waals surface area contributed by atoms with E-state index in [1.165, 1.54) is 40.4 Å². The molecule has 24 heavy (non-hydrogen) atoms. The topological polar surface area (TPSA) is 106 Å². The molecular formula is C14H16N2O7S. The summed E-state index contributed by atoms with van der Waals surface area (Å²) in [5.41, 5.74) is -1.65. The summed E-state index contributed by atoms with van der Waals surface area (Å²) in [5.74, 6) is 0.0255. The summed E-state index contributed by atoms with van der Waals surface area (Å²) in [6.45, 7) is 0. The SMILES string of the molecule is COc1cccc(OC)c1OS(=O)(=O)c1cn(C)c(=O)n(C)c1=O. The highest BCUT2D eigenvalue weighted by Crippen LogP contribution is 2.38. The number of aryl methyl sites for hydroxylation is 1. The Labute approximate surface area is 137 Å². The van der Waals surface area contributed by atoms with Gasteiger partial charge >= 0.3 is 15.8 Å². The van der Waals surface area contributed by atoms with Crippen molar-refractivity contribution in [1.82, 2.24) is 9.13 Å². The van der Waals surface area contributed by atoms with Gasteiger partial charge in [-0.25, -0.2) is 4.79 Å². The smallest absolute Gasteiger partial charge is 0.346 e. The Morgan fingerprint density at radius 1 is 1.00 bits per heavy atom. The van der Waals surface area contributed by atoms with Crippen LogP contribution in [-0.2, 0) is 24.2 Å². The van der Waals surface area contributed by atoms with Crippen LogP contribution in [-0.4, -0.2) is 31.8 Å². The molecule has 0 aliphatic carbocycles. The van der Waals surface area contributed by atoms with Crippen molar-refractivity contribution in [2.75, 3.05) is 14.2 Å². The molecular weight excluding hydrogens is 340 g/mol. The molecule has 1 aromatic carbocycles. The summed E-state index contributed by atoms with van der Waals surface area (Å²) < 4.78 is 41.8. The van der Waals surface area contributed by atoms with Gasteiger partial charge in [-0.1, -0.05) is 6.07 Å². The molecule has 130 valence electrons. The van der Waals surface area contributed by atoms with Crippen molar-refractivity contribution in [3.63, 3.8) is 0 Å². The molecule has 0 aliphatic heterocycles. The van der Waals surface area contributed by atoms with Crippen molar-refractivity contribution in [3.05, 3.63) is 45.2 Å². The molecule has 0 amide bonds. The first-order valence-corrected chi connectivity index (χ1v) is 8.06. The van der Waals surface area contributed by atoms with Gasteiger partial charge in [0, 0.05) is 20.3 Å². The number of nitrogens with zero attached hydrogens (tertiary/aromatic N) is 2. The second-order valence-electron chi connectivity index (χ2n) is 4.78. The van der Waals surface area contributed by atoms with Gasteiger partial charge < -0.3 is 18.2 Å². The molecule has 2 rings (SSSR count). The molecule has 0 radical (unpaired) electrons. The van der Waals surface area contributed by atoms with Crippen molar-refractivity contribution in [2.24, 2.45) is 14.1 Å². The molecule has 9 nitrogen and oxygen atoms in total. The Balaban J connectivity index is 2.64. The normalized spacial score (nSPS) is 11.2. The molecule has 0 spiro atoms. The van der Waals surface area contributed by atoms with Crippen LogP contribution in [0.15, 0.2) is 38.9 Å². The quantitative estimate of drug-likeness (QED) is 0.687. The van der Waals surface area contributed by atoms with E-state index in [1.54, 1.807) is 6.07 Å². The van der Waals surface area contributed by atoms with Gasteiger partial charge in [0.2, 0.25) is 5.75 Å². The average Bonchev–Trinajstić information content (AvgIpc) is 2.55. The van der Waals surface area contributed by atoms with E-state index in [4.69, 9.17) is 13.7 Å². The van der Waals surface area contributed by atoms with E-state index in [-0.39, 0.29) is 17.2 Å². The molecule has 0 saturated heterocycles. The summed E-state index contributed by atoms with van der Waals surface area (Å²) in [6.07, 6.45) is 0.905. The standard InChI is InChI=1S/C14H16N2O7S/c1-15-8-11(13(17)16(2)14(15)18)24(19,20)23-12-9(21-3)6-5-7-10(12)22-4/h5-8H,1-4H3. The Bertz CT molecular complexity index is 967. The predicted octanol–water partition coefficient (Wildman–Crippen LogP) is -0.131. The number of aromatic nitrogens is 2. The van der Waals surface area contributed by atoms with E-state index in [2.05, 4.69) is 0 Å². The maximum absolute atomic E-state index is 12.5. The van der Waals surface area contributed by atoms with Crippen LogP contribution in [0.1, 0.15) is 0 Å². The maximum Gasteiger partial charge on any atom is 0.346 e. The largest absolute Gasteiger partial charge is 0.493 e. The summed E-state index contributed by atoms with van der Waals surface area (Å²) in [5, 5.41) is 0. The zero-order valence-corrected chi connectivity index (χ0v) is 14.3. The van der Waals surface area contributed by atoms with Gasteiger partial charge in [-0.15, -0.1) is 0 Å². The number of ether oxygens (including phenoxy) is 2. The molecule has 10 heteroatoms. The minimum atomic E-state index is -4.52. The van der Waals surface area contributed by atoms with Gasteiger partial charge in [-0.2, -0.15) is 8.42 Å². The second kappa shape index (κ2) is 6.40. The molecule has 2 aromatic rings. The van der Waals surface area contributed by atoms with E-state index in [1.807, 2.05) is 0 Å². The lowest BCUT2D eigenvalue weighted by molar-refractivity contribution is 0.360. The van der Waals surface area contributed by atoms with E-state index < -0.39 is 26.3 Å². The molecule has 0 aliphatic rings. The highest BCUT2D eigenvalue weighted by Gasteiger charge is 2.27. The summed E-state index contributed by atoms with van der Waals surface area (Å²) >= 11 is 0. The molecule has 0 unspecified atom stereocenters. The van der Waals surface area contributed by atoms with Crippen LogP contribution in [0.3, 0.4) is 0 Å². The highest BCUT2D eigenvalue weighted by atomic mass is 32.2. The lowest BCUT2D eigenvalue weighted by Crippen LogP contribution is -2.39. The summed E-state index contributed by atoms with van der Waals surface area (Å²) in [4.78, 5) is 23.1. The lowest BCUT2D eigenvalue weighted by Gasteiger charge is -2.14. The van der Waals surface area contributed by atoms with E-state index in [0.717, 1.165) is 10.8 Å². The van der Waals surface area contributed by atoms with Gasteiger partial charge in [0.1, 0.15) is 0 Å². The van der Waals surface area contributed by atoms with E-state index in [9.17, 15) is 18.0 Å². The third kappa shape index (κ3) is 3.00. The maximum atomic E-state index is 12.5. The first-order valence-electron chi connectivity index (χ1n) is 6.65. The fourth-order valence-corrected chi connectivity index (χ4v) is 3.11. The van der Waals surface area contributed by atoms with Crippen LogP contribution in [0.4, 0.5) is 0 Å². The third-order valence-electron chi connectivity index (χ3n) is 3.26. The fraction of sp³-hybridized carbons (Fsp3) is 0.286. The van der Waals surface area contributed by atoms with Crippen molar-refractivity contribution in [2.45, 2.75) is 4.90 Å². The Kier molecular flexibility index (Phi) is 4.69. The van der Waals surface area contributed by atoms with Crippen molar-refractivity contribution >= 4 is 10.1 Å². The lowest BCUT2D eigenvalue weighted by atomic mass is 10.3. The predicted molar refractivity (Wildman–Crippen MR) is 84.3 cm³/mol. The van der Waals surface area contributed by atoms with Gasteiger partial charge in [0.15, 0.2) is 16.4 Å². The minimum Gasteiger partial charge on any atom is -0.493 e. The monoisotopic (exact) mass is 356 g/mol. The highest BCUT2D eigenvalue weighted by molar-refractivity contribution is 7.87. The zero-order chi connectivity index (χ0) is 18.1. The van der Waals surface area contributed by atoms with Crippen molar-refractivity contribution in [1.29, 1.82) is 0 Å². The molecule has 0 atom stereocenters. The Hall–Kier alpha value is -2.75. The second-order valence-corrected chi connectivity index (χ2v) is 6.29. The first-order chi connectivity index (χ1) is 11.2. The molecule has 1 heterocycles. The summed E-state index contributed by atoms with van der Waals surface area (Å²) in [6, 6.07) is 4.54. The third-order valence-corrected chi connectivity index (χ3v) is 4.46. The molecule has 0 bridgehead atoms. The van der Waals surface area contributed by atoms with Crippen LogP contribution in [0.5, 0.6) is 17.2 Å². The molecule has 1 aromatic heterocycles. The van der Waals surface area contributed by atoms with Crippen LogP contribution in [0.2, 0.25) is 0 Å². The fourth-order valence-electron chi connectivity index (χ4n) is 2.00. The van der Waals surface area contributed by atoms with E-state index >= 15 is 0 Å². The number of para-hydroxylation sites is 1. The van der Waals surface area contributed by atoms with E-state index in [0.29, 0.717) is 4.57 Å². The van der Waals surface area contributed by atoms with Gasteiger partial charge in [0.25, 0.3) is 5.56 Å². The van der Waals surface area contributed by atoms with Crippen LogP contribution < -0.4 is 24.9 Å². The molecule has 0 N–H and O–H groups in total. The molecule has 0 saturated carbocycles. The van der Waals surface area contributed by atoms with Crippen molar-refractivity contribution in [3.8, 4) is 17.2 Å². The van der Waals surface area contributed by atoms with Crippen LogP contribution in [0, 0.1) is 0 Å².